The summed E-state index contributed by atoms with van der Waals surface area (Å²) >= 11 is 0. The molecule has 0 unspecified atom stereocenters. The normalized spacial score (nSPS) is 24.5. The molecule has 54 heavy (non-hydrogen) atoms. The molecule has 7 rings (SSSR count). The van der Waals surface area contributed by atoms with E-state index >= 15 is 0 Å². The summed E-state index contributed by atoms with van der Waals surface area (Å²) in [5.41, 5.74) is 0.766. The number of alkyl carbamates (subject to hydrolysis) is 1. The molecule has 1 N–H and O–H groups in total. The van der Waals surface area contributed by atoms with Crippen LogP contribution in [0.25, 0.3) is 0 Å². The number of halogens is 1. The summed E-state index contributed by atoms with van der Waals surface area (Å²) < 4.78 is 46.2. The minimum absolute atomic E-state index is 0.0169. The van der Waals surface area contributed by atoms with Gasteiger partial charge in [0.15, 0.2) is 9.84 Å². The first-order valence-corrected chi connectivity index (χ1v) is 21.2. The van der Waals surface area contributed by atoms with E-state index in [1.165, 1.54) is 32.1 Å². The van der Waals surface area contributed by atoms with Crippen LogP contribution in [0.4, 0.5) is 14.9 Å². The number of piperidine rings is 1. The van der Waals surface area contributed by atoms with Gasteiger partial charge in [-0.15, -0.1) is 0 Å². The van der Waals surface area contributed by atoms with Gasteiger partial charge < -0.3 is 24.8 Å². The van der Waals surface area contributed by atoms with Gasteiger partial charge in [0.05, 0.1) is 23.5 Å². The minimum Gasteiger partial charge on any atom is -0.453 e. The molecule has 4 saturated heterocycles. The fourth-order valence-electron chi connectivity index (χ4n) is 9.68. The maximum atomic E-state index is 14.6. The van der Waals surface area contributed by atoms with E-state index < -0.39 is 26.6 Å². The zero-order chi connectivity index (χ0) is 37.9. The summed E-state index contributed by atoms with van der Waals surface area (Å²) in [6.07, 6.45) is 9.38. The minimum atomic E-state index is -3.53. The first-order valence-electron chi connectivity index (χ1n) is 19.6. The number of carbonyl (C=O) groups is 2. The number of carbonyl (C=O) groups excluding carboxylic acids is 2. The van der Waals surface area contributed by atoms with Crippen molar-refractivity contribution < 1.29 is 27.1 Å². The van der Waals surface area contributed by atoms with Gasteiger partial charge in [-0.25, -0.2) is 17.6 Å². The van der Waals surface area contributed by atoms with Gasteiger partial charge in [-0.1, -0.05) is 24.6 Å². The Hall–Kier alpha value is -3.99. The van der Waals surface area contributed by atoms with Crippen molar-refractivity contribution in [1.29, 1.82) is 5.26 Å². The predicted molar refractivity (Wildman–Crippen MR) is 204 cm³/mol. The smallest absolute Gasteiger partial charge is 0.407 e. The summed E-state index contributed by atoms with van der Waals surface area (Å²) in [7, 11) is -2.19. The molecule has 1 aliphatic carbocycles. The van der Waals surface area contributed by atoms with Crippen LogP contribution in [0.3, 0.4) is 0 Å². The SMILES string of the molecule is COC(=O)N[C@H]1CCC[C@@H]1[C@](C#N)(c1cccc(F)c1)C1CCN(CC2CN(c3ccc(S(=O)(=O)C4CN(C(=O)/C=C/CN5CCCC5)C4)cc3)C2)CC1. The standard InChI is InChI=1S/C41H53FN6O5S/c1-53-40(50)44-38-10-5-9-37(38)41(29-43,32-7-4-8-33(42)23-32)31-16-21-46(22-17-31)24-30-25-47(26-30)34-12-14-35(15-13-34)54(51,52)36-27-48(28-36)39(49)11-6-20-45-18-2-3-19-45/h4,6-8,11-15,23,30-31,36-38H,2-3,5,9-10,16-22,24-28H2,1H3,(H,44,50)/b11-6+/t37-,38-,41-/m0/s1. The maximum Gasteiger partial charge on any atom is 0.407 e. The Kier molecular flexibility index (Phi) is 11.6. The Morgan fingerprint density at radius 1 is 0.963 bits per heavy atom. The third-order valence-electron chi connectivity index (χ3n) is 12.7. The number of sulfone groups is 1. The lowest BCUT2D eigenvalue weighted by molar-refractivity contribution is -0.129. The highest BCUT2D eigenvalue weighted by Gasteiger charge is 2.53. The number of hydrogen-bond donors (Lipinski definition) is 1. The number of nitrogens with one attached hydrogen (secondary N) is 1. The molecule has 2 aromatic carbocycles. The Morgan fingerprint density at radius 3 is 2.35 bits per heavy atom. The third-order valence-corrected chi connectivity index (χ3v) is 14.8. The van der Waals surface area contributed by atoms with Crippen LogP contribution in [0.2, 0.25) is 0 Å². The van der Waals surface area contributed by atoms with Crippen molar-refractivity contribution in [3.8, 4) is 6.07 Å². The average Bonchev–Trinajstić information content (AvgIpc) is 3.83. The molecule has 0 aromatic heterocycles. The molecule has 4 aliphatic heterocycles. The summed E-state index contributed by atoms with van der Waals surface area (Å²) in [6.45, 7) is 7.71. The first kappa shape index (κ1) is 38.3. The van der Waals surface area contributed by atoms with Crippen LogP contribution in [0.15, 0.2) is 65.6 Å². The lowest BCUT2D eigenvalue weighted by atomic mass is 9.59. The summed E-state index contributed by atoms with van der Waals surface area (Å²) in [5.74, 6) is -0.145. The Bertz CT molecular complexity index is 1830. The van der Waals surface area contributed by atoms with Crippen molar-refractivity contribution in [2.24, 2.45) is 17.8 Å². The number of rotatable bonds is 12. The van der Waals surface area contributed by atoms with Crippen molar-refractivity contribution in [1.82, 2.24) is 20.0 Å². The highest BCUT2D eigenvalue weighted by Crippen LogP contribution is 2.50. The molecule has 0 spiro atoms. The molecular weight excluding hydrogens is 708 g/mol. The molecule has 2 aromatic rings. The van der Waals surface area contributed by atoms with Gasteiger partial charge in [-0.2, -0.15) is 5.26 Å². The number of benzene rings is 2. The number of anilines is 1. The Balaban J connectivity index is 0.896. The van der Waals surface area contributed by atoms with Gasteiger partial charge in [0.2, 0.25) is 5.91 Å². The number of amides is 2. The molecule has 0 bridgehead atoms. The molecule has 5 fully saturated rings. The van der Waals surface area contributed by atoms with Crippen molar-refractivity contribution in [2.75, 3.05) is 77.5 Å². The van der Waals surface area contributed by atoms with Gasteiger partial charge in [0.1, 0.15) is 11.1 Å². The predicted octanol–water partition coefficient (Wildman–Crippen LogP) is 4.60. The van der Waals surface area contributed by atoms with E-state index in [1.807, 2.05) is 24.3 Å². The number of methoxy groups -OCH3 is 1. The van der Waals surface area contributed by atoms with Crippen molar-refractivity contribution in [2.45, 2.75) is 66.5 Å². The molecule has 3 atom stereocenters. The van der Waals surface area contributed by atoms with Crippen LogP contribution in [0.5, 0.6) is 0 Å². The van der Waals surface area contributed by atoms with Gasteiger partial charge in [-0.3, -0.25) is 9.69 Å². The number of nitrogens with zero attached hydrogens (tertiary/aromatic N) is 5. The quantitative estimate of drug-likeness (QED) is 0.309. The molecule has 2 amide bonds. The highest BCUT2D eigenvalue weighted by molar-refractivity contribution is 7.92. The van der Waals surface area contributed by atoms with Crippen LogP contribution < -0.4 is 10.2 Å². The van der Waals surface area contributed by atoms with Gasteiger partial charge in [0, 0.05) is 68.9 Å². The fourth-order valence-corrected chi connectivity index (χ4v) is 11.3. The molecule has 290 valence electrons. The van der Waals surface area contributed by atoms with Crippen LogP contribution in [0, 0.1) is 34.9 Å². The van der Waals surface area contributed by atoms with Crippen molar-refractivity contribution in [3.05, 3.63) is 72.1 Å². The van der Waals surface area contributed by atoms with E-state index in [4.69, 9.17) is 4.74 Å². The number of hydrogen-bond acceptors (Lipinski definition) is 9. The second-order valence-corrected chi connectivity index (χ2v) is 18.2. The van der Waals surface area contributed by atoms with Gasteiger partial charge in [0.25, 0.3) is 0 Å². The Morgan fingerprint density at radius 2 is 1.69 bits per heavy atom. The molecule has 11 nitrogen and oxygen atoms in total. The lowest BCUT2D eigenvalue weighted by Gasteiger charge is -2.48. The zero-order valence-electron chi connectivity index (χ0n) is 31.2. The van der Waals surface area contributed by atoms with Crippen LogP contribution in [-0.2, 0) is 24.8 Å². The second-order valence-electron chi connectivity index (χ2n) is 15.9. The highest BCUT2D eigenvalue weighted by atomic mass is 32.2. The van der Waals surface area contributed by atoms with Crippen molar-refractivity contribution >= 4 is 27.5 Å². The van der Waals surface area contributed by atoms with E-state index in [2.05, 4.69) is 26.1 Å². The van der Waals surface area contributed by atoms with E-state index in [0.717, 1.165) is 90.1 Å². The lowest BCUT2D eigenvalue weighted by Crippen LogP contribution is -2.56. The van der Waals surface area contributed by atoms with Crippen LogP contribution in [0.1, 0.15) is 50.5 Å². The third kappa shape index (κ3) is 7.88. The molecular formula is C41H53FN6O5S. The number of nitriles is 1. The molecule has 13 heteroatoms. The van der Waals surface area contributed by atoms with Crippen LogP contribution in [-0.4, -0.2) is 119 Å². The summed E-state index contributed by atoms with van der Waals surface area (Å²) in [5, 5.41) is 13.3. The summed E-state index contributed by atoms with van der Waals surface area (Å²) in [6, 6.07) is 16.1. The fraction of sp³-hybridized carbons (Fsp3) is 0.585. The molecule has 4 heterocycles. The largest absolute Gasteiger partial charge is 0.453 e. The Labute approximate surface area is 319 Å². The van der Waals surface area contributed by atoms with Gasteiger partial charge >= 0.3 is 6.09 Å². The van der Waals surface area contributed by atoms with E-state index in [-0.39, 0.29) is 42.7 Å². The van der Waals surface area contributed by atoms with Gasteiger partial charge in [-0.05, 0) is 113 Å². The van der Waals surface area contributed by atoms with E-state index in [0.29, 0.717) is 16.4 Å². The zero-order valence-corrected chi connectivity index (χ0v) is 32.1. The van der Waals surface area contributed by atoms with Crippen molar-refractivity contribution in [3.63, 3.8) is 0 Å². The second kappa shape index (κ2) is 16.4. The molecule has 1 saturated carbocycles. The maximum absolute atomic E-state index is 14.6. The van der Waals surface area contributed by atoms with E-state index in [1.54, 1.807) is 29.2 Å². The topological polar surface area (TPSA) is 126 Å². The van der Waals surface area contributed by atoms with Crippen LogP contribution >= 0.6 is 0 Å². The average molecular weight is 761 g/mol. The number of likely N-dealkylation sites (tertiary alicyclic amines) is 3. The first-order chi connectivity index (χ1) is 26.1. The molecule has 5 aliphatic rings. The van der Waals surface area contributed by atoms with E-state index in [9.17, 15) is 27.7 Å². The molecule has 0 radical (unpaired) electrons. The summed E-state index contributed by atoms with van der Waals surface area (Å²) in [4.78, 5) is 33.7. The monoisotopic (exact) mass is 760 g/mol. The number of ether oxygens (including phenoxy) is 1.